The van der Waals surface area contributed by atoms with Crippen LogP contribution < -0.4 is 0 Å². The molecule has 0 fully saturated rings. The molecular formula is C22H13Cl3N2. The Kier molecular flexibility index (Phi) is 5.68. The van der Waals surface area contributed by atoms with Crippen molar-refractivity contribution in [2.45, 2.75) is 0 Å². The first-order valence-corrected chi connectivity index (χ1v) is 8.77. The van der Waals surface area contributed by atoms with Gasteiger partial charge in [-0.1, -0.05) is 53.5 Å². The molecule has 0 amide bonds. The summed E-state index contributed by atoms with van der Waals surface area (Å²) in [7, 11) is 0. The minimum atomic E-state index is 0. The molecule has 0 aliphatic carbocycles. The van der Waals surface area contributed by atoms with E-state index in [1.165, 1.54) is 0 Å². The zero-order valence-corrected chi connectivity index (χ0v) is 16.3. The third-order valence-electron chi connectivity index (χ3n) is 4.24. The van der Waals surface area contributed by atoms with Gasteiger partial charge in [-0.2, -0.15) is 5.26 Å². The fourth-order valence-corrected chi connectivity index (χ4v) is 3.37. The highest BCUT2D eigenvalue weighted by Crippen LogP contribution is 2.36. The second kappa shape index (κ2) is 7.98. The van der Waals surface area contributed by atoms with Gasteiger partial charge in [0, 0.05) is 26.6 Å². The van der Waals surface area contributed by atoms with Crippen LogP contribution in [0.3, 0.4) is 0 Å². The zero-order chi connectivity index (χ0) is 18.1. The van der Waals surface area contributed by atoms with E-state index in [-0.39, 0.29) is 12.4 Å². The standard InChI is InChI=1S/C22H12Cl2N2.ClH/c23-16-9-10-21-19(11-16)18(17-3-1-2-4-20(17)24)12-22(26-21)15-7-5-14(13-25)6-8-15;/h1-12H;1H. The molecule has 0 unspecified atom stereocenters. The van der Waals surface area contributed by atoms with Gasteiger partial charge < -0.3 is 0 Å². The number of hydrogen-bond donors (Lipinski definition) is 0. The first kappa shape index (κ1) is 19.2. The van der Waals surface area contributed by atoms with Crippen LogP contribution in [0.25, 0.3) is 33.3 Å². The average Bonchev–Trinajstić information content (AvgIpc) is 2.68. The molecule has 27 heavy (non-hydrogen) atoms. The molecule has 0 saturated heterocycles. The molecule has 132 valence electrons. The Bertz CT molecular complexity index is 1160. The van der Waals surface area contributed by atoms with E-state index in [0.717, 1.165) is 33.3 Å². The van der Waals surface area contributed by atoms with Gasteiger partial charge in [0.05, 0.1) is 22.8 Å². The molecule has 0 aliphatic rings. The number of halogens is 3. The number of aromatic nitrogens is 1. The Morgan fingerprint density at radius 1 is 0.815 bits per heavy atom. The van der Waals surface area contributed by atoms with Gasteiger partial charge in [0.25, 0.3) is 0 Å². The summed E-state index contributed by atoms with van der Waals surface area (Å²) in [5, 5.41) is 11.3. The van der Waals surface area contributed by atoms with Crippen LogP contribution in [0, 0.1) is 11.3 Å². The lowest BCUT2D eigenvalue weighted by Gasteiger charge is -2.12. The summed E-state index contributed by atoms with van der Waals surface area (Å²) in [6.07, 6.45) is 0. The van der Waals surface area contributed by atoms with Crippen LogP contribution in [0.2, 0.25) is 10.0 Å². The molecule has 0 radical (unpaired) electrons. The molecule has 4 rings (SSSR count). The van der Waals surface area contributed by atoms with Gasteiger partial charge in [0.2, 0.25) is 0 Å². The number of benzene rings is 3. The molecule has 5 heteroatoms. The second-order valence-electron chi connectivity index (χ2n) is 5.89. The van der Waals surface area contributed by atoms with Crippen molar-refractivity contribution in [2.24, 2.45) is 0 Å². The molecule has 1 aromatic heterocycles. The molecule has 4 aromatic rings. The SMILES string of the molecule is Cl.N#Cc1ccc(-c2cc(-c3ccccc3Cl)c3cc(Cl)ccc3n2)cc1. The Labute approximate surface area is 173 Å². The number of fused-ring (bicyclic) bond motifs is 1. The smallest absolute Gasteiger partial charge is 0.0991 e. The Morgan fingerprint density at radius 2 is 1.56 bits per heavy atom. The van der Waals surface area contributed by atoms with Crippen molar-refractivity contribution in [2.75, 3.05) is 0 Å². The molecule has 0 bridgehead atoms. The minimum absolute atomic E-state index is 0. The van der Waals surface area contributed by atoms with Crippen molar-refractivity contribution in [3.63, 3.8) is 0 Å². The fourth-order valence-electron chi connectivity index (χ4n) is 2.96. The third-order valence-corrected chi connectivity index (χ3v) is 4.81. The highest BCUT2D eigenvalue weighted by Gasteiger charge is 2.12. The predicted molar refractivity (Wildman–Crippen MR) is 115 cm³/mol. The molecule has 0 N–H and O–H groups in total. The van der Waals surface area contributed by atoms with Crippen LogP contribution in [0.1, 0.15) is 5.56 Å². The summed E-state index contributed by atoms with van der Waals surface area (Å²) in [6.45, 7) is 0. The van der Waals surface area contributed by atoms with Gasteiger partial charge >= 0.3 is 0 Å². The van der Waals surface area contributed by atoms with Crippen molar-refractivity contribution >= 4 is 46.5 Å². The number of hydrogen-bond acceptors (Lipinski definition) is 2. The zero-order valence-electron chi connectivity index (χ0n) is 14.0. The van der Waals surface area contributed by atoms with Gasteiger partial charge in [-0.15, -0.1) is 12.4 Å². The maximum absolute atomic E-state index is 9.00. The summed E-state index contributed by atoms with van der Waals surface area (Å²) in [6, 6.07) is 24.9. The van der Waals surface area contributed by atoms with Crippen molar-refractivity contribution in [1.29, 1.82) is 5.26 Å². The molecule has 0 spiro atoms. The summed E-state index contributed by atoms with van der Waals surface area (Å²) in [4.78, 5) is 4.77. The number of nitrogens with zero attached hydrogens (tertiary/aromatic N) is 2. The van der Waals surface area contributed by atoms with E-state index in [0.29, 0.717) is 15.6 Å². The van der Waals surface area contributed by atoms with Crippen LogP contribution in [0.15, 0.2) is 72.8 Å². The van der Waals surface area contributed by atoms with Crippen molar-refractivity contribution in [3.05, 3.63) is 88.4 Å². The first-order valence-electron chi connectivity index (χ1n) is 8.01. The lowest BCUT2D eigenvalue weighted by Crippen LogP contribution is -1.91. The van der Waals surface area contributed by atoms with E-state index in [1.54, 1.807) is 12.1 Å². The third kappa shape index (κ3) is 3.77. The van der Waals surface area contributed by atoms with Crippen LogP contribution >= 0.6 is 35.6 Å². The highest BCUT2D eigenvalue weighted by molar-refractivity contribution is 6.34. The van der Waals surface area contributed by atoms with Gasteiger partial charge in [-0.25, -0.2) is 4.98 Å². The molecular weight excluding hydrogens is 399 g/mol. The van der Waals surface area contributed by atoms with E-state index in [2.05, 4.69) is 6.07 Å². The molecule has 0 atom stereocenters. The Morgan fingerprint density at radius 3 is 2.26 bits per heavy atom. The number of pyridine rings is 1. The first-order chi connectivity index (χ1) is 12.7. The van der Waals surface area contributed by atoms with Gasteiger partial charge in [0.1, 0.15) is 0 Å². The largest absolute Gasteiger partial charge is 0.248 e. The summed E-state index contributed by atoms with van der Waals surface area (Å²) >= 11 is 12.7. The molecule has 1 heterocycles. The molecule has 3 aromatic carbocycles. The van der Waals surface area contributed by atoms with E-state index in [9.17, 15) is 0 Å². The minimum Gasteiger partial charge on any atom is -0.248 e. The van der Waals surface area contributed by atoms with Crippen molar-refractivity contribution < 1.29 is 0 Å². The van der Waals surface area contributed by atoms with Gasteiger partial charge in [-0.05, 0) is 48.0 Å². The summed E-state index contributed by atoms with van der Waals surface area (Å²) < 4.78 is 0. The quantitative estimate of drug-likeness (QED) is 0.350. The van der Waals surface area contributed by atoms with Crippen LogP contribution in [-0.4, -0.2) is 4.98 Å². The van der Waals surface area contributed by atoms with Crippen LogP contribution in [0.4, 0.5) is 0 Å². The van der Waals surface area contributed by atoms with E-state index in [4.69, 9.17) is 33.4 Å². The lowest BCUT2D eigenvalue weighted by molar-refractivity contribution is 1.39. The Hall–Kier alpha value is -2.57. The topological polar surface area (TPSA) is 36.7 Å². The van der Waals surface area contributed by atoms with Crippen molar-refractivity contribution in [1.82, 2.24) is 4.98 Å². The summed E-state index contributed by atoms with van der Waals surface area (Å²) in [5.74, 6) is 0. The molecule has 2 nitrogen and oxygen atoms in total. The predicted octanol–water partition coefficient (Wildman–Crippen LogP) is 7.17. The molecule has 0 saturated carbocycles. The van der Waals surface area contributed by atoms with Crippen LogP contribution in [0.5, 0.6) is 0 Å². The van der Waals surface area contributed by atoms with Gasteiger partial charge in [-0.3, -0.25) is 0 Å². The average molecular weight is 412 g/mol. The van der Waals surface area contributed by atoms with Gasteiger partial charge in [0.15, 0.2) is 0 Å². The van der Waals surface area contributed by atoms with E-state index in [1.807, 2.05) is 60.7 Å². The fraction of sp³-hybridized carbons (Fsp3) is 0. The normalized spacial score (nSPS) is 10.3. The second-order valence-corrected chi connectivity index (χ2v) is 6.73. The van der Waals surface area contributed by atoms with Crippen LogP contribution in [-0.2, 0) is 0 Å². The maximum atomic E-state index is 9.00. The number of nitriles is 1. The maximum Gasteiger partial charge on any atom is 0.0991 e. The highest BCUT2D eigenvalue weighted by atomic mass is 35.5. The van der Waals surface area contributed by atoms with E-state index >= 15 is 0 Å². The van der Waals surface area contributed by atoms with Crippen molar-refractivity contribution in [3.8, 4) is 28.5 Å². The summed E-state index contributed by atoms with van der Waals surface area (Å²) in [5.41, 5.74) is 5.12. The van der Waals surface area contributed by atoms with E-state index < -0.39 is 0 Å². The lowest BCUT2D eigenvalue weighted by atomic mass is 9.98. The Balaban J connectivity index is 0.00000210. The molecule has 0 aliphatic heterocycles. The number of rotatable bonds is 2. The monoisotopic (exact) mass is 410 g/mol.